The first-order valence-corrected chi connectivity index (χ1v) is 5.50. The van der Waals surface area contributed by atoms with Crippen LogP contribution < -0.4 is 0 Å². The van der Waals surface area contributed by atoms with Crippen molar-refractivity contribution < 1.29 is 4.79 Å². The molecule has 0 fully saturated rings. The lowest BCUT2D eigenvalue weighted by atomic mass is 10.0. The van der Waals surface area contributed by atoms with Crippen molar-refractivity contribution in [2.45, 2.75) is 13.8 Å². The summed E-state index contributed by atoms with van der Waals surface area (Å²) in [5, 5.41) is 7.77. The van der Waals surface area contributed by atoms with Crippen LogP contribution in [0.25, 0.3) is 0 Å². The van der Waals surface area contributed by atoms with Gasteiger partial charge in [0.15, 0.2) is 6.29 Å². The zero-order valence-electron chi connectivity index (χ0n) is 7.43. The van der Waals surface area contributed by atoms with Gasteiger partial charge in [0, 0.05) is 11.3 Å². The normalized spacial score (nSPS) is 10.5. The minimum absolute atomic E-state index is 0.153. The van der Waals surface area contributed by atoms with Crippen molar-refractivity contribution in [3.05, 3.63) is 20.3 Å². The van der Waals surface area contributed by atoms with Gasteiger partial charge in [-0.05, 0) is 27.9 Å². The molecular weight excluding hydrogens is 250 g/mol. The van der Waals surface area contributed by atoms with Crippen LogP contribution in [0.4, 0.5) is 0 Å². The van der Waals surface area contributed by atoms with Crippen LogP contribution in [0, 0.1) is 11.3 Å². The summed E-state index contributed by atoms with van der Waals surface area (Å²) in [6, 6.07) is 1.83. The second-order valence-corrected chi connectivity index (χ2v) is 5.48. The van der Waals surface area contributed by atoms with E-state index < -0.39 is 0 Å². The van der Waals surface area contributed by atoms with Crippen molar-refractivity contribution in [2.75, 3.05) is 0 Å². The van der Waals surface area contributed by atoms with E-state index in [0.717, 1.165) is 15.6 Å². The van der Waals surface area contributed by atoms with E-state index in [2.05, 4.69) is 15.9 Å². The standard InChI is InChI=1S/C9H10BrNOS/c1-5(2)9(11)6-3-8(10)13-7(6)4-12/h3-5,11H,1-2H3. The average Bonchev–Trinajstić information content (AvgIpc) is 2.45. The third-order valence-electron chi connectivity index (χ3n) is 1.71. The van der Waals surface area contributed by atoms with Gasteiger partial charge >= 0.3 is 0 Å². The Morgan fingerprint density at radius 2 is 2.31 bits per heavy atom. The number of carbonyl (C=O) groups excluding carboxylic acids is 1. The number of nitrogens with one attached hydrogen (secondary N) is 1. The van der Waals surface area contributed by atoms with Gasteiger partial charge in [0.1, 0.15) is 0 Å². The molecule has 0 amide bonds. The molecule has 0 aromatic carbocycles. The number of halogens is 1. The molecule has 0 saturated heterocycles. The predicted octanol–water partition coefficient (Wildman–Crippen LogP) is 3.35. The molecule has 0 saturated carbocycles. The summed E-state index contributed by atoms with van der Waals surface area (Å²) in [5.74, 6) is 0.153. The van der Waals surface area contributed by atoms with Crippen LogP contribution in [0.1, 0.15) is 29.1 Å². The van der Waals surface area contributed by atoms with Crippen molar-refractivity contribution in [1.29, 1.82) is 5.41 Å². The van der Waals surface area contributed by atoms with Crippen LogP contribution in [-0.4, -0.2) is 12.0 Å². The zero-order chi connectivity index (χ0) is 10.0. The molecule has 1 aromatic rings. The third kappa shape index (κ3) is 2.25. The van der Waals surface area contributed by atoms with E-state index in [1.54, 1.807) is 0 Å². The molecule has 1 rings (SSSR count). The summed E-state index contributed by atoms with van der Waals surface area (Å²) in [7, 11) is 0. The van der Waals surface area contributed by atoms with E-state index in [1.807, 2.05) is 19.9 Å². The van der Waals surface area contributed by atoms with Crippen molar-refractivity contribution >= 4 is 39.3 Å². The van der Waals surface area contributed by atoms with Gasteiger partial charge in [0.2, 0.25) is 0 Å². The van der Waals surface area contributed by atoms with Crippen LogP contribution in [0.3, 0.4) is 0 Å². The van der Waals surface area contributed by atoms with Gasteiger partial charge in [-0.3, -0.25) is 4.79 Å². The Hall–Kier alpha value is -0.480. The van der Waals surface area contributed by atoms with Crippen LogP contribution in [0.5, 0.6) is 0 Å². The predicted molar refractivity (Wildman–Crippen MR) is 59.1 cm³/mol. The first-order valence-electron chi connectivity index (χ1n) is 3.89. The first kappa shape index (κ1) is 10.6. The van der Waals surface area contributed by atoms with Gasteiger partial charge < -0.3 is 5.41 Å². The van der Waals surface area contributed by atoms with Gasteiger partial charge in [-0.15, -0.1) is 11.3 Å². The maximum absolute atomic E-state index is 10.7. The number of carbonyl (C=O) groups is 1. The van der Waals surface area contributed by atoms with Crippen molar-refractivity contribution in [3.8, 4) is 0 Å². The Labute approximate surface area is 89.6 Å². The summed E-state index contributed by atoms with van der Waals surface area (Å²) in [6.07, 6.45) is 0.807. The van der Waals surface area contributed by atoms with Gasteiger partial charge in [-0.2, -0.15) is 0 Å². The summed E-state index contributed by atoms with van der Waals surface area (Å²) < 4.78 is 0.898. The van der Waals surface area contributed by atoms with Crippen LogP contribution in [-0.2, 0) is 0 Å². The van der Waals surface area contributed by atoms with E-state index in [0.29, 0.717) is 10.6 Å². The number of thiophene rings is 1. The molecule has 0 aliphatic carbocycles. The molecule has 1 heterocycles. The molecule has 0 atom stereocenters. The molecule has 0 bridgehead atoms. The van der Waals surface area contributed by atoms with E-state index in [-0.39, 0.29) is 5.92 Å². The summed E-state index contributed by atoms with van der Waals surface area (Å²) in [5.41, 5.74) is 1.27. The minimum Gasteiger partial charge on any atom is -0.304 e. The Bertz CT molecular complexity index is 343. The smallest absolute Gasteiger partial charge is 0.160 e. The molecule has 0 radical (unpaired) electrons. The fourth-order valence-electron chi connectivity index (χ4n) is 0.983. The summed E-state index contributed by atoms with van der Waals surface area (Å²) >= 11 is 4.67. The first-order chi connectivity index (χ1) is 6.06. The lowest BCUT2D eigenvalue weighted by Crippen LogP contribution is -2.08. The molecule has 0 unspecified atom stereocenters. The fraction of sp³-hybridized carbons (Fsp3) is 0.333. The minimum atomic E-state index is 0.153. The molecule has 2 nitrogen and oxygen atoms in total. The largest absolute Gasteiger partial charge is 0.304 e. The van der Waals surface area contributed by atoms with E-state index in [9.17, 15) is 4.79 Å². The highest BCUT2D eigenvalue weighted by Crippen LogP contribution is 2.27. The van der Waals surface area contributed by atoms with Crippen LogP contribution in [0.15, 0.2) is 9.85 Å². The number of rotatable bonds is 3. The van der Waals surface area contributed by atoms with E-state index in [1.165, 1.54) is 11.3 Å². The molecule has 70 valence electrons. The molecule has 1 N–H and O–H groups in total. The van der Waals surface area contributed by atoms with E-state index in [4.69, 9.17) is 5.41 Å². The van der Waals surface area contributed by atoms with E-state index >= 15 is 0 Å². The maximum atomic E-state index is 10.7. The van der Waals surface area contributed by atoms with Crippen molar-refractivity contribution in [2.24, 2.45) is 5.92 Å². The third-order valence-corrected chi connectivity index (χ3v) is 3.27. The SMILES string of the molecule is CC(C)C(=N)c1cc(Br)sc1C=O. The van der Waals surface area contributed by atoms with Crippen LogP contribution in [0.2, 0.25) is 0 Å². The molecule has 4 heteroatoms. The van der Waals surface area contributed by atoms with Crippen LogP contribution >= 0.6 is 27.3 Å². The lowest BCUT2D eigenvalue weighted by Gasteiger charge is -2.05. The van der Waals surface area contributed by atoms with Gasteiger partial charge in [0.25, 0.3) is 0 Å². The molecule has 0 aliphatic rings. The topological polar surface area (TPSA) is 40.9 Å². The molecule has 13 heavy (non-hydrogen) atoms. The second-order valence-electron chi connectivity index (χ2n) is 3.01. The summed E-state index contributed by atoms with van der Waals surface area (Å²) in [6.45, 7) is 3.89. The Morgan fingerprint density at radius 1 is 1.69 bits per heavy atom. The Kier molecular flexibility index (Phi) is 3.39. The van der Waals surface area contributed by atoms with Crippen molar-refractivity contribution in [1.82, 2.24) is 0 Å². The number of aldehydes is 1. The Morgan fingerprint density at radius 3 is 2.77 bits per heavy atom. The number of hydrogen-bond acceptors (Lipinski definition) is 3. The highest BCUT2D eigenvalue weighted by atomic mass is 79.9. The quantitative estimate of drug-likeness (QED) is 0.657. The van der Waals surface area contributed by atoms with Crippen molar-refractivity contribution in [3.63, 3.8) is 0 Å². The van der Waals surface area contributed by atoms with Gasteiger partial charge in [-0.25, -0.2) is 0 Å². The highest BCUT2D eigenvalue weighted by molar-refractivity contribution is 9.11. The highest BCUT2D eigenvalue weighted by Gasteiger charge is 2.13. The molecule has 1 aromatic heterocycles. The van der Waals surface area contributed by atoms with Gasteiger partial charge in [0.05, 0.1) is 8.66 Å². The number of hydrogen-bond donors (Lipinski definition) is 1. The summed E-state index contributed by atoms with van der Waals surface area (Å²) in [4.78, 5) is 11.3. The zero-order valence-corrected chi connectivity index (χ0v) is 9.83. The Balaban J connectivity index is 3.12. The molecule has 0 spiro atoms. The average molecular weight is 260 g/mol. The fourth-order valence-corrected chi connectivity index (χ4v) is 2.45. The maximum Gasteiger partial charge on any atom is 0.160 e. The molecular formula is C9H10BrNOS. The lowest BCUT2D eigenvalue weighted by molar-refractivity contribution is 0.112. The van der Waals surface area contributed by atoms with Gasteiger partial charge in [-0.1, -0.05) is 13.8 Å². The monoisotopic (exact) mass is 259 g/mol. The second kappa shape index (κ2) is 4.15. The molecule has 0 aliphatic heterocycles.